The summed E-state index contributed by atoms with van der Waals surface area (Å²) in [5.41, 5.74) is 1.29. The molecule has 0 aromatic carbocycles. The molecule has 0 bridgehead atoms. The maximum atomic E-state index is 4.78. The quantitative estimate of drug-likeness (QED) is 0.904. The van der Waals surface area contributed by atoms with Gasteiger partial charge in [-0.25, -0.2) is 4.98 Å². The van der Waals surface area contributed by atoms with Gasteiger partial charge in [-0.1, -0.05) is 6.92 Å². The van der Waals surface area contributed by atoms with Crippen molar-refractivity contribution in [1.82, 2.24) is 15.2 Å². The molecule has 2 atom stereocenters. The second-order valence-electron chi connectivity index (χ2n) is 6.32. The van der Waals surface area contributed by atoms with Crippen LogP contribution < -0.4 is 5.32 Å². The van der Waals surface area contributed by atoms with Crippen molar-refractivity contribution in [3.63, 3.8) is 0 Å². The zero-order valence-electron chi connectivity index (χ0n) is 12.6. The number of aryl methyl sites for hydroxylation is 1. The minimum Gasteiger partial charge on any atom is -0.314 e. The standard InChI is InChI=1S/C16H27N3S/c1-2-5-16-18-14(12-20-16)11-19-9-4-6-13(10-19)15-7-3-8-17-15/h12-13,15,17H,2-11H2,1H3. The molecule has 1 aromatic heterocycles. The molecule has 2 saturated heterocycles. The highest BCUT2D eigenvalue weighted by Crippen LogP contribution is 2.26. The molecule has 2 aliphatic heterocycles. The lowest BCUT2D eigenvalue weighted by molar-refractivity contribution is 0.144. The zero-order valence-corrected chi connectivity index (χ0v) is 13.4. The molecule has 3 rings (SSSR count). The maximum absolute atomic E-state index is 4.78. The number of hydrogen-bond donors (Lipinski definition) is 1. The molecule has 2 fully saturated rings. The minimum absolute atomic E-state index is 0.781. The average Bonchev–Trinajstić information content (AvgIpc) is 3.11. The van der Waals surface area contributed by atoms with E-state index in [9.17, 15) is 0 Å². The molecule has 0 spiro atoms. The van der Waals surface area contributed by atoms with Crippen LogP contribution in [0.1, 0.15) is 49.7 Å². The lowest BCUT2D eigenvalue weighted by atomic mass is 9.90. The number of likely N-dealkylation sites (tertiary alicyclic amines) is 1. The summed E-state index contributed by atoms with van der Waals surface area (Å²) in [4.78, 5) is 7.40. The van der Waals surface area contributed by atoms with Crippen molar-refractivity contribution in [2.75, 3.05) is 19.6 Å². The van der Waals surface area contributed by atoms with Crippen molar-refractivity contribution in [2.24, 2.45) is 5.92 Å². The molecular weight excluding hydrogens is 266 g/mol. The van der Waals surface area contributed by atoms with Gasteiger partial charge in [0.2, 0.25) is 0 Å². The number of hydrogen-bond acceptors (Lipinski definition) is 4. The van der Waals surface area contributed by atoms with Crippen LogP contribution in [0.5, 0.6) is 0 Å². The Morgan fingerprint density at radius 3 is 3.15 bits per heavy atom. The molecule has 4 heteroatoms. The van der Waals surface area contributed by atoms with Crippen LogP contribution in [0, 0.1) is 5.92 Å². The van der Waals surface area contributed by atoms with E-state index in [-0.39, 0.29) is 0 Å². The molecule has 2 unspecified atom stereocenters. The molecule has 2 aliphatic rings. The number of nitrogens with zero attached hydrogens (tertiary/aromatic N) is 2. The van der Waals surface area contributed by atoms with Crippen molar-refractivity contribution < 1.29 is 0 Å². The Labute approximate surface area is 126 Å². The first kappa shape index (κ1) is 14.5. The van der Waals surface area contributed by atoms with Gasteiger partial charge in [-0.05, 0) is 57.5 Å². The van der Waals surface area contributed by atoms with Crippen LogP contribution in [-0.4, -0.2) is 35.6 Å². The number of rotatable bonds is 5. The van der Waals surface area contributed by atoms with E-state index < -0.39 is 0 Å². The van der Waals surface area contributed by atoms with Gasteiger partial charge in [-0.2, -0.15) is 0 Å². The van der Waals surface area contributed by atoms with Crippen molar-refractivity contribution in [2.45, 2.75) is 58.0 Å². The van der Waals surface area contributed by atoms with Gasteiger partial charge >= 0.3 is 0 Å². The van der Waals surface area contributed by atoms with Crippen LogP contribution in [0.3, 0.4) is 0 Å². The fourth-order valence-corrected chi connectivity index (χ4v) is 4.55. The predicted octanol–water partition coefficient (Wildman–Crippen LogP) is 3.06. The van der Waals surface area contributed by atoms with Crippen molar-refractivity contribution in [1.29, 1.82) is 0 Å². The van der Waals surface area contributed by atoms with Gasteiger partial charge in [0.25, 0.3) is 0 Å². The van der Waals surface area contributed by atoms with Crippen molar-refractivity contribution >= 4 is 11.3 Å². The Hall–Kier alpha value is -0.450. The number of piperidine rings is 1. The second kappa shape index (κ2) is 7.01. The molecule has 1 N–H and O–H groups in total. The van der Waals surface area contributed by atoms with Gasteiger partial charge in [0.15, 0.2) is 0 Å². The molecule has 0 aliphatic carbocycles. The number of nitrogens with one attached hydrogen (secondary N) is 1. The SMILES string of the molecule is CCCc1nc(CN2CCCC(C3CCCN3)C2)cs1. The van der Waals surface area contributed by atoms with E-state index in [1.165, 1.54) is 62.4 Å². The third-order valence-electron chi connectivity index (χ3n) is 4.66. The molecule has 0 radical (unpaired) electrons. The van der Waals surface area contributed by atoms with Crippen molar-refractivity contribution in [3.8, 4) is 0 Å². The lowest BCUT2D eigenvalue weighted by Gasteiger charge is -2.35. The van der Waals surface area contributed by atoms with Crippen LogP contribution in [0.2, 0.25) is 0 Å². The van der Waals surface area contributed by atoms with Crippen LogP contribution in [0.25, 0.3) is 0 Å². The first-order chi connectivity index (χ1) is 9.85. The summed E-state index contributed by atoms with van der Waals surface area (Å²) in [6, 6.07) is 0.781. The van der Waals surface area contributed by atoms with Crippen LogP contribution in [0.4, 0.5) is 0 Å². The van der Waals surface area contributed by atoms with E-state index in [0.29, 0.717) is 0 Å². The molecule has 0 saturated carbocycles. The second-order valence-corrected chi connectivity index (χ2v) is 7.27. The van der Waals surface area contributed by atoms with Crippen molar-refractivity contribution in [3.05, 3.63) is 16.1 Å². The van der Waals surface area contributed by atoms with Crippen LogP contribution >= 0.6 is 11.3 Å². The Bertz CT molecular complexity index is 412. The minimum atomic E-state index is 0.781. The largest absolute Gasteiger partial charge is 0.314 e. The summed E-state index contributed by atoms with van der Waals surface area (Å²) >= 11 is 1.84. The number of thiazole rings is 1. The van der Waals surface area contributed by atoms with Gasteiger partial charge in [0.1, 0.15) is 0 Å². The summed E-state index contributed by atoms with van der Waals surface area (Å²) in [5, 5.41) is 7.27. The fourth-order valence-electron chi connectivity index (χ4n) is 3.66. The highest BCUT2D eigenvalue weighted by atomic mass is 32.1. The monoisotopic (exact) mass is 293 g/mol. The Morgan fingerprint density at radius 1 is 1.40 bits per heavy atom. The molecule has 0 amide bonds. The highest BCUT2D eigenvalue weighted by molar-refractivity contribution is 7.09. The first-order valence-corrected chi connectivity index (χ1v) is 9.12. The van der Waals surface area contributed by atoms with E-state index in [4.69, 9.17) is 4.98 Å². The molecule has 3 heterocycles. The summed E-state index contributed by atoms with van der Waals surface area (Å²) in [5.74, 6) is 0.861. The molecule has 3 nitrogen and oxygen atoms in total. The summed E-state index contributed by atoms with van der Waals surface area (Å²) in [6.07, 6.45) is 7.86. The van der Waals surface area contributed by atoms with E-state index in [2.05, 4.69) is 22.5 Å². The van der Waals surface area contributed by atoms with Gasteiger partial charge in [0.05, 0.1) is 10.7 Å². The maximum Gasteiger partial charge on any atom is 0.0928 e. The van der Waals surface area contributed by atoms with Gasteiger partial charge in [0, 0.05) is 24.5 Å². The van der Waals surface area contributed by atoms with Gasteiger partial charge in [-0.15, -0.1) is 11.3 Å². The van der Waals surface area contributed by atoms with Crippen LogP contribution in [-0.2, 0) is 13.0 Å². The highest BCUT2D eigenvalue weighted by Gasteiger charge is 2.29. The predicted molar refractivity (Wildman–Crippen MR) is 85.1 cm³/mol. The molecule has 20 heavy (non-hydrogen) atoms. The summed E-state index contributed by atoms with van der Waals surface area (Å²) in [6.45, 7) is 7.03. The topological polar surface area (TPSA) is 28.2 Å². The number of aromatic nitrogens is 1. The molecule has 1 aromatic rings. The van der Waals surface area contributed by atoms with Crippen LogP contribution in [0.15, 0.2) is 5.38 Å². The van der Waals surface area contributed by atoms with E-state index in [1.54, 1.807) is 0 Å². The Kier molecular flexibility index (Phi) is 5.08. The first-order valence-electron chi connectivity index (χ1n) is 8.24. The van der Waals surface area contributed by atoms with E-state index in [1.807, 2.05) is 11.3 Å². The van der Waals surface area contributed by atoms with Gasteiger partial charge in [-0.3, -0.25) is 4.90 Å². The zero-order chi connectivity index (χ0) is 13.8. The third-order valence-corrected chi connectivity index (χ3v) is 5.62. The normalized spacial score (nSPS) is 28.1. The Morgan fingerprint density at radius 2 is 2.35 bits per heavy atom. The average molecular weight is 293 g/mol. The lowest BCUT2D eigenvalue weighted by Crippen LogP contribution is -2.43. The molecule has 112 valence electrons. The van der Waals surface area contributed by atoms with E-state index >= 15 is 0 Å². The summed E-state index contributed by atoms with van der Waals surface area (Å²) < 4.78 is 0. The fraction of sp³-hybridized carbons (Fsp3) is 0.812. The molecular formula is C16H27N3S. The third kappa shape index (κ3) is 3.60. The Balaban J connectivity index is 1.53. The smallest absolute Gasteiger partial charge is 0.0928 e. The van der Waals surface area contributed by atoms with E-state index in [0.717, 1.165) is 24.9 Å². The van der Waals surface area contributed by atoms with Gasteiger partial charge < -0.3 is 5.32 Å². The summed E-state index contributed by atoms with van der Waals surface area (Å²) in [7, 11) is 0.